The molecule has 2 rings (SSSR count). The number of pyridine rings is 1. The Kier molecular flexibility index (Phi) is 27.6. The number of carbonyl (C=O) groups excluding carboxylic acids is 10. The van der Waals surface area contributed by atoms with Crippen LogP contribution >= 0.6 is 0 Å². The molecule has 5 amide bonds. The second-order valence-electron chi connectivity index (χ2n) is 15.7. The predicted molar refractivity (Wildman–Crippen MR) is 232 cm³/mol. The maximum atomic E-state index is 13.2. The smallest absolute Gasteiger partial charge is 0.333 e. The first-order valence-electron chi connectivity index (χ1n) is 22.5. The third kappa shape index (κ3) is 25.3. The molecule has 63 heavy (non-hydrogen) atoms. The number of nitrogens with zero attached hydrogens (tertiary/aromatic N) is 2. The standard InChI is InChI=1S/C45H68N6O12/c1-3-29-62-30-12-10-17-38(55)37(21-20-36(54)16-13-28-47-45(61)34-19-22-39(49-32-34)48-31-33(2)52)50-41(57)18-9-5-4-7-14-35(53)15-8-6-11-27-46-40(56)23-26-44(60)63-51-42(58)24-25-43(51)59/h19,22,32,37H,3-18,20-21,23-31H2,1-2H3,(H,46,56)(H,47,61)(H,48,49)(H,50,57)/t37-/m0/s1. The maximum absolute atomic E-state index is 13.2. The third-order valence-corrected chi connectivity index (χ3v) is 10.0. The molecule has 0 radical (unpaired) electrons. The number of ether oxygens (including phenoxy) is 1. The third-order valence-electron chi connectivity index (χ3n) is 10.0. The lowest BCUT2D eigenvalue weighted by atomic mass is 9.99. The lowest BCUT2D eigenvalue weighted by Crippen LogP contribution is -2.41. The number of Topliss-reactive ketones (excluding diaryl/α,β-unsaturated/α-hetero) is 4. The molecule has 4 N–H and O–H groups in total. The highest BCUT2D eigenvalue weighted by Crippen LogP contribution is 2.14. The lowest BCUT2D eigenvalue weighted by molar-refractivity contribution is -0.197. The zero-order valence-corrected chi connectivity index (χ0v) is 37.2. The molecular weight excluding hydrogens is 817 g/mol. The Hall–Kier alpha value is -5.39. The Morgan fingerprint density at radius 3 is 1.98 bits per heavy atom. The molecule has 1 aliphatic heterocycles. The summed E-state index contributed by atoms with van der Waals surface area (Å²) < 4.78 is 5.50. The van der Waals surface area contributed by atoms with Crippen molar-refractivity contribution in [3.8, 4) is 0 Å². The molecule has 18 nitrogen and oxygen atoms in total. The van der Waals surface area contributed by atoms with E-state index >= 15 is 0 Å². The average Bonchev–Trinajstić information content (AvgIpc) is 3.57. The fourth-order valence-corrected chi connectivity index (χ4v) is 6.42. The van der Waals surface area contributed by atoms with Crippen LogP contribution in [0.5, 0.6) is 0 Å². The Bertz CT molecular complexity index is 1650. The minimum atomic E-state index is -0.831. The van der Waals surface area contributed by atoms with Crippen LogP contribution in [0.15, 0.2) is 18.3 Å². The summed E-state index contributed by atoms with van der Waals surface area (Å²) in [5.74, 6) is -2.53. The van der Waals surface area contributed by atoms with Gasteiger partial charge in [-0.1, -0.05) is 26.2 Å². The number of unbranched alkanes of at least 4 members (excludes halogenated alkanes) is 6. The fourth-order valence-electron chi connectivity index (χ4n) is 6.42. The van der Waals surface area contributed by atoms with Gasteiger partial charge in [-0.15, -0.1) is 5.06 Å². The van der Waals surface area contributed by atoms with Crippen LogP contribution in [0.1, 0.15) is 165 Å². The van der Waals surface area contributed by atoms with Crippen LogP contribution in [-0.2, 0) is 52.7 Å². The lowest BCUT2D eigenvalue weighted by Gasteiger charge is -2.18. The summed E-state index contributed by atoms with van der Waals surface area (Å²) in [4.78, 5) is 130. The summed E-state index contributed by atoms with van der Waals surface area (Å²) in [5, 5.41) is 11.6. The molecule has 350 valence electrons. The molecule has 1 aliphatic rings. The van der Waals surface area contributed by atoms with Gasteiger partial charge in [-0.2, -0.15) is 0 Å². The normalized spacial score (nSPS) is 12.7. The van der Waals surface area contributed by atoms with Crippen LogP contribution in [-0.4, -0.2) is 108 Å². The van der Waals surface area contributed by atoms with Crippen LogP contribution in [0, 0.1) is 0 Å². The number of amides is 5. The van der Waals surface area contributed by atoms with E-state index in [1.54, 1.807) is 12.1 Å². The summed E-state index contributed by atoms with van der Waals surface area (Å²) in [6.45, 7) is 5.50. The van der Waals surface area contributed by atoms with Gasteiger partial charge in [-0.25, -0.2) is 9.78 Å². The van der Waals surface area contributed by atoms with Crippen molar-refractivity contribution in [1.29, 1.82) is 0 Å². The molecule has 1 aromatic rings. The van der Waals surface area contributed by atoms with E-state index in [1.807, 2.05) is 6.92 Å². The molecule has 18 heteroatoms. The van der Waals surface area contributed by atoms with Gasteiger partial charge in [-0.3, -0.25) is 43.2 Å². The van der Waals surface area contributed by atoms with E-state index < -0.39 is 23.8 Å². The van der Waals surface area contributed by atoms with Crippen LogP contribution < -0.4 is 21.3 Å². The van der Waals surface area contributed by atoms with Crippen LogP contribution in [0.25, 0.3) is 0 Å². The highest BCUT2D eigenvalue weighted by Gasteiger charge is 2.32. The van der Waals surface area contributed by atoms with Gasteiger partial charge in [-0.05, 0) is 76.8 Å². The largest absolute Gasteiger partial charge is 0.381 e. The molecule has 1 aromatic heterocycles. The van der Waals surface area contributed by atoms with Crippen molar-refractivity contribution in [2.24, 2.45) is 0 Å². The van der Waals surface area contributed by atoms with Crippen molar-refractivity contribution in [2.45, 2.75) is 161 Å². The summed E-state index contributed by atoms with van der Waals surface area (Å²) >= 11 is 0. The molecule has 0 unspecified atom stereocenters. The van der Waals surface area contributed by atoms with Gasteiger partial charge in [0, 0.05) is 90.3 Å². The minimum Gasteiger partial charge on any atom is -0.381 e. The van der Waals surface area contributed by atoms with E-state index in [0.29, 0.717) is 87.6 Å². The van der Waals surface area contributed by atoms with E-state index in [4.69, 9.17) is 9.57 Å². The summed E-state index contributed by atoms with van der Waals surface area (Å²) in [6.07, 6.45) is 10.5. The molecule has 0 aliphatic carbocycles. The Balaban J connectivity index is 1.60. The number of rotatable bonds is 37. The number of ketones is 4. The van der Waals surface area contributed by atoms with Gasteiger partial charge >= 0.3 is 5.97 Å². The zero-order chi connectivity index (χ0) is 46.2. The fraction of sp³-hybridized carbons (Fsp3) is 0.667. The monoisotopic (exact) mass is 884 g/mol. The number of hydroxylamine groups is 2. The van der Waals surface area contributed by atoms with E-state index in [-0.39, 0.29) is 112 Å². The number of imide groups is 1. The number of hydrogen-bond acceptors (Lipinski definition) is 14. The van der Waals surface area contributed by atoms with Gasteiger partial charge in [0.25, 0.3) is 17.7 Å². The van der Waals surface area contributed by atoms with Crippen LogP contribution in [0.2, 0.25) is 0 Å². The summed E-state index contributed by atoms with van der Waals surface area (Å²) in [5.41, 5.74) is 0.347. The van der Waals surface area contributed by atoms with Crippen molar-refractivity contribution >= 4 is 64.5 Å². The van der Waals surface area contributed by atoms with E-state index in [1.165, 1.54) is 13.1 Å². The van der Waals surface area contributed by atoms with Crippen LogP contribution in [0.3, 0.4) is 0 Å². The number of anilines is 1. The molecule has 1 fully saturated rings. The minimum absolute atomic E-state index is 0.00442. The first kappa shape index (κ1) is 53.7. The molecule has 0 saturated carbocycles. The van der Waals surface area contributed by atoms with Crippen molar-refractivity contribution in [2.75, 3.05) is 38.2 Å². The average molecular weight is 885 g/mol. The van der Waals surface area contributed by atoms with Crippen molar-refractivity contribution < 1.29 is 57.5 Å². The van der Waals surface area contributed by atoms with Crippen LogP contribution in [0.4, 0.5) is 5.82 Å². The second kappa shape index (κ2) is 32.3. The summed E-state index contributed by atoms with van der Waals surface area (Å²) in [6, 6.07) is 2.42. The molecule has 0 aromatic carbocycles. The number of aromatic nitrogens is 1. The highest BCUT2D eigenvalue weighted by molar-refractivity contribution is 6.01. The van der Waals surface area contributed by atoms with E-state index in [0.717, 1.165) is 32.1 Å². The molecule has 0 spiro atoms. The van der Waals surface area contributed by atoms with Gasteiger partial charge in [0.1, 0.15) is 23.2 Å². The first-order chi connectivity index (χ1) is 30.3. The number of carbonyl (C=O) groups is 10. The van der Waals surface area contributed by atoms with E-state index in [2.05, 4.69) is 26.3 Å². The highest BCUT2D eigenvalue weighted by atomic mass is 16.7. The molecular formula is C45H68N6O12. The molecule has 0 bridgehead atoms. The Labute approximate surface area is 370 Å². The van der Waals surface area contributed by atoms with E-state index in [9.17, 15) is 47.9 Å². The first-order valence-corrected chi connectivity index (χ1v) is 22.5. The SMILES string of the molecule is CCCOCCCCC(=O)[C@H](CCC(=O)CCCNC(=O)c1ccc(NCC(C)=O)nc1)NC(=O)CCCCCCC(=O)CCCCCNC(=O)CCC(=O)ON1C(=O)CCC1=O. The Morgan fingerprint density at radius 2 is 1.32 bits per heavy atom. The van der Waals surface area contributed by atoms with Gasteiger partial charge < -0.3 is 30.8 Å². The molecule has 2 heterocycles. The van der Waals surface area contributed by atoms with Gasteiger partial charge in [0.15, 0.2) is 5.78 Å². The number of nitrogens with one attached hydrogen (secondary N) is 4. The van der Waals surface area contributed by atoms with Crippen molar-refractivity contribution in [3.63, 3.8) is 0 Å². The van der Waals surface area contributed by atoms with Gasteiger partial charge in [0.2, 0.25) is 11.8 Å². The molecule has 1 atom stereocenters. The topological polar surface area (TPSA) is 253 Å². The van der Waals surface area contributed by atoms with Crippen molar-refractivity contribution in [3.05, 3.63) is 23.9 Å². The number of hydrogen-bond donors (Lipinski definition) is 4. The summed E-state index contributed by atoms with van der Waals surface area (Å²) in [7, 11) is 0. The zero-order valence-electron chi connectivity index (χ0n) is 37.2. The molecule has 1 saturated heterocycles. The van der Waals surface area contributed by atoms with Gasteiger partial charge in [0.05, 0.1) is 24.6 Å². The Morgan fingerprint density at radius 1 is 0.683 bits per heavy atom. The predicted octanol–water partition coefficient (Wildman–Crippen LogP) is 4.57. The quantitative estimate of drug-likeness (QED) is 0.0528. The van der Waals surface area contributed by atoms with Crippen molar-refractivity contribution in [1.82, 2.24) is 26.0 Å². The second-order valence-corrected chi connectivity index (χ2v) is 15.7. The maximum Gasteiger partial charge on any atom is 0.333 e.